The van der Waals surface area contributed by atoms with Crippen molar-refractivity contribution in [1.29, 1.82) is 0 Å². The second kappa shape index (κ2) is 8.43. The molecule has 1 aromatic heterocycles. The van der Waals surface area contributed by atoms with Crippen LogP contribution in [-0.4, -0.2) is 37.3 Å². The Morgan fingerprint density at radius 3 is 2.39 bits per heavy atom. The molecular formula is C20H21N3O5. The number of methoxy groups -OCH3 is 2. The summed E-state index contributed by atoms with van der Waals surface area (Å²) in [6.45, 7) is 1.90. The standard InChI is InChI=1S/C20H21N3O5/c1-13-21-19(22-28-13)12-27-16-8-5-14(6-9-16)20(24)23(2)15-7-10-17(25-3)18(11-15)26-4/h5-11H,12H2,1-4H3. The van der Waals surface area contributed by atoms with Crippen molar-refractivity contribution in [1.82, 2.24) is 10.1 Å². The molecule has 0 bridgehead atoms. The Kier molecular flexibility index (Phi) is 5.78. The van der Waals surface area contributed by atoms with E-state index in [0.29, 0.717) is 40.2 Å². The highest BCUT2D eigenvalue weighted by Crippen LogP contribution is 2.31. The molecule has 146 valence electrons. The monoisotopic (exact) mass is 383 g/mol. The van der Waals surface area contributed by atoms with E-state index in [0.717, 1.165) is 0 Å². The first-order valence-corrected chi connectivity index (χ1v) is 8.54. The number of nitrogens with zero attached hydrogens (tertiary/aromatic N) is 3. The van der Waals surface area contributed by atoms with Crippen LogP contribution < -0.4 is 19.1 Å². The van der Waals surface area contributed by atoms with Gasteiger partial charge >= 0.3 is 0 Å². The molecule has 0 aliphatic carbocycles. The molecule has 0 unspecified atom stereocenters. The molecule has 3 aromatic rings. The van der Waals surface area contributed by atoms with Gasteiger partial charge in [-0.3, -0.25) is 4.79 Å². The first-order chi connectivity index (χ1) is 13.5. The molecule has 0 saturated heterocycles. The normalized spacial score (nSPS) is 10.4. The summed E-state index contributed by atoms with van der Waals surface area (Å²) in [5.41, 5.74) is 1.22. The van der Waals surface area contributed by atoms with E-state index in [4.69, 9.17) is 18.7 Å². The van der Waals surface area contributed by atoms with E-state index in [2.05, 4.69) is 10.1 Å². The minimum Gasteiger partial charge on any atom is -0.493 e. The van der Waals surface area contributed by atoms with E-state index in [1.165, 1.54) is 0 Å². The van der Waals surface area contributed by atoms with Crippen LogP contribution in [-0.2, 0) is 6.61 Å². The summed E-state index contributed by atoms with van der Waals surface area (Å²) in [6.07, 6.45) is 0. The van der Waals surface area contributed by atoms with Gasteiger partial charge in [0.25, 0.3) is 5.91 Å². The molecule has 0 aliphatic rings. The van der Waals surface area contributed by atoms with Gasteiger partial charge in [-0.05, 0) is 36.4 Å². The minimum atomic E-state index is -0.160. The van der Waals surface area contributed by atoms with Gasteiger partial charge in [0.15, 0.2) is 18.1 Å². The van der Waals surface area contributed by atoms with Gasteiger partial charge < -0.3 is 23.6 Å². The molecule has 0 atom stereocenters. The highest BCUT2D eigenvalue weighted by molar-refractivity contribution is 6.05. The first-order valence-electron chi connectivity index (χ1n) is 8.54. The molecule has 2 aromatic carbocycles. The van der Waals surface area contributed by atoms with Crippen LogP contribution in [0, 0.1) is 6.92 Å². The van der Waals surface area contributed by atoms with E-state index in [9.17, 15) is 4.79 Å². The average Bonchev–Trinajstić information content (AvgIpc) is 3.16. The van der Waals surface area contributed by atoms with Gasteiger partial charge in [0.2, 0.25) is 11.7 Å². The number of amides is 1. The van der Waals surface area contributed by atoms with E-state index in [1.807, 2.05) is 0 Å². The number of ether oxygens (including phenoxy) is 3. The predicted molar refractivity (Wildman–Crippen MR) is 102 cm³/mol. The van der Waals surface area contributed by atoms with Crippen LogP contribution >= 0.6 is 0 Å². The van der Waals surface area contributed by atoms with Crippen molar-refractivity contribution >= 4 is 11.6 Å². The van der Waals surface area contributed by atoms with Crippen molar-refractivity contribution in [3.8, 4) is 17.2 Å². The Labute approximate surface area is 162 Å². The smallest absolute Gasteiger partial charge is 0.258 e. The number of rotatable bonds is 7. The maximum atomic E-state index is 12.8. The SMILES string of the molecule is COc1ccc(N(C)C(=O)c2ccc(OCc3noc(C)n3)cc2)cc1OC. The zero-order valence-corrected chi connectivity index (χ0v) is 16.1. The molecule has 0 N–H and O–H groups in total. The summed E-state index contributed by atoms with van der Waals surface area (Å²) >= 11 is 0. The number of hydrogen-bond acceptors (Lipinski definition) is 7. The molecule has 28 heavy (non-hydrogen) atoms. The number of aryl methyl sites for hydroxylation is 1. The first kappa shape index (κ1) is 19.2. The van der Waals surface area contributed by atoms with E-state index in [1.54, 1.807) is 75.6 Å². The lowest BCUT2D eigenvalue weighted by atomic mass is 10.1. The maximum absolute atomic E-state index is 12.8. The number of hydrogen-bond donors (Lipinski definition) is 0. The van der Waals surface area contributed by atoms with E-state index < -0.39 is 0 Å². The molecule has 8 heteroatoms. The Bertz CT molecular complexity index is 953. The number of benzene rings is 2. The van der Waals surface area contributed by atoms with Crippen LogP contribution in [0.15, 0.2) is 47.0 Å². The summed E-state index contributed by atoms with van der Waals surface area (Å²) in [4.78, 5) is 18.4. The minimum absolute atomic E-state index is 0.160. The van der Waals surface area contributed by atoms with E-state index in [-0.39, 0.29) is 12.5 Å². The Morgan fingerprint density at radius 2 is 1.79 bits per heavy atom. The van der Waals surface area contributed by atoms with Crippen LogP contribution in [0.5, 0.6) is 17.2 Å². The summed E-state index contributed by atoms with van der Waals surface area (Å²) in [7, 11) is 4.82. The molecule has 0 saturated carbocycles. The van der Waals surface area contributed by atoms with Crippen LogP contribution in [0.1, 0.15) is 22.1 Å². The van der Waals surface area contributed by atoms with Crippen molar-refractivity contribution in [2.45, 2.75) is 13.5 Å². The van der Waals surface area contributed by atoms with Crippen LogP contribution in [0.3, 0.4) is 0 Å². The van der Waals surface area contributed by atoms with Gasteiger partial charge in [-0.25, -0.2) is 0 Å². The second-order valence-electron chi connectivity index (χ2n) is 5.95. The third-order valence-electron chi connectivity index (χ3n) is 4.10. The number of carbonyl (C=O) groups is 1. The molecule has 0 spiro atoms. The largest absolute Gasteiger partial charge is 0.493 e. The Morgan fingerprint density at radius 1 is 1.07 bits per heavy atom. The third-order valence-corrected chi connectivity index (χ3v) is 4.10. The average molecular weight is 383 g/mol. The number of anilines is 1. The van der Waals surface area contributed by atoms with Crippen LogP contribution in [0.4, 0.5) is 5.69 Å². The topological polar surface area (TPSA) is 86.9 Å². The molecule has 0 aliphatic heterocycles. The number of carbonyl (C=O) groups excluding carboxylic acids is 1. The lowest BCUT2D eigenvalue weighted by Crippen LogP contribution is -2.26. The van der Waals surface area contributed by atoms with Gasteiger partial charge in [-0.1, -0.05) is 5.16 Å². The highest BCUT2D eigenvalue weighted by atomic mass is 16.5. The van der Waals surface area contributed by atoms with Gasteiger partial charge in [0.05, 0.1) is 14.2 Å². The van der Waals surface area contributed by atoms with Gasteiger partial charge in [0.1, 0.15) is 5.75 Å². The quantitative estimate of drug-likeness (QED) is 0.619. The van der Waals surface area contributed by atoms with Crippen LogP contribution in [0.25, 0.3) is 0 Å². The maximum Gasteiger partial charge on any atom is 0.258 e. The molecule has 1 heterocycles. The summed E-state index contributed by atoms with van der Waals surface area (Å²) in [6, 6.07) is 12.2. The van der Waals surface area contributed by atoms with Crippen molar-refractivity contribution in [2.24, 2.45) is 0 Å². The lowest BCUT2D eigenvalue weighted by molar-refractivity contribution is 0.0993. The molecular weight excluding hydrogens is 362 g/mol. The van der Waals surface area contributed by atoms with Gasteiger partial charge in [0, 0.05) is 31.3 Å². The highest BCUT2D eigenvalue weighted by Gasteiger charge is 2.16. The van der Waals surface area contributed by atoms with Crippen molar-refractivity contribution in [3.05, 3.63) is 59.7 Å². The van der Waals surface area contributed by atoms with Crippen LogP contribution in [0.2, 0.25) is 0 Å². The summed E-state index contributed by atoms with van der Waals surface area (Å²) in [5.74, 6) is 2.55. The molecule has 0 fully saturated rings. The second-order valence-corrected chi connectivity index (χ2v) is 5.95. The fourth-order valence-corrected chi connectivity index (χ4v) is 2.59. The summed E-state index contributed by atoms with van der Waals surface area (Å²) < 4.78 is 21.0. The fourth-order valence-electron chi connectivity index (χ4n) is 2.59. The molecule has 8 nitrogen and oxygen atoms in total. The molecule has 1 amide bonds. The number of aromatic nitrogens is 2. The van der Waals surface area contributed by atoms with Crippen molar-refractivity contribution in [2.75, 3.05) is 26.2 Å². The van der Waals surface area contributed by atoms with Crippen molar-refractivity contribution in [3.63, 3.8) is 0 Å². The van der Waals surface area contributed by atoms with Crippen molar-refractivity contribution < 1.29 is 23.5 Å². The zero-order chi connectivity index (χ0) is 20.1. The third kappa shape index (κ3) is 4.22. The zero-order valence-electron chi connectivity index (χ0n) is 16.1. The lowest BCUT2D eigenvalue weighted by Gasteiger charge is -2.19. The Hall–Kier alpha value is -3.55. The van der Waals surface area contributed by atoms with Gasteiger partial charge in [-0.2, -0.15) is 4.98 Å². The molecule has 3 rings (SSSR count). The predicted octanol–water partition coefficient (Wildman–Crippen LogP) is 3.25. The summed E-state index contributed by atoms with van der Waals surface area (Å²) in [5, 5.41) is 3.77. The molecule has 0 radical (unpaired) electrons. The Balaban J connectivity index is 1.68. The van der Waals surface area contributed by atoms with E-state index >= 15 is 0 Å². The fraction of sp³-hybridized carbons (Fsp3) is 0.250. The van der Waals surface area contributed by atoms with Gasteiger partial charge in [-0.15, -0.1) is 0 Å².